The maximum Gasteiger partial charge on any atom is 0.230 e. The van der Waals surface area contributed by atoms with Crippen LogP contribution in [-0.2, 0) is 20.3 Å². The quantitative estimate of drug-likeness (QED) is 0.107. The summed E-state index contributed by atoms with van der Waals surface area (Å²) >= 11 is 0. The van der Waals surface area contributed by atoms with Gasteiger partial charge in [-0.1, -0.05) is 88.4 Å². The minimum absolute atomic E-state index is 0.114. The second-order valence-corrected chi connectivity index (χ2v) is 15.6. The summed E-state index contributed by atoms with van der Waals surface area (Å²) in [4.78, 5) is 0. The highest BCUT2D eigenvalue weighted by atomic mass is 16.7. The van der Waals surface area contributed by atoms with Crippen LogP contribution in [0, 0.1) is 27.7 Å². The number of aryl methyl sites for hydroxylation is 4. The van der Waals surface area contributed by atoms with E-state index in [9.17, 15) is 0 Å². The van der Waals surface area contributed by atoms with Crippen molar-refractivity contribution in [2.24, 2.45) is 0 Å². The fraction of sp³-hybridized carbons (Fsp3) is 0.347. The predicted octanol–water partition coefficient (Wildman–Crippen LogP) is 12.2. The van der Waals surface area contributed by atoms with Crippen molar-refractivity contribution in [3.05, 3.63) is 165 Å². The number of hydrogen-bond donors (Lipinski definition) is 0. The van der Waals surface area contributed by atoms with E-state index in [1.807, 2.05) is 36.4 Å². The van der Waals surface area contributed by atoms with Crippen LogP contribution in [0.2, 0.25) is 0 Å². The third-order valence-electron chi connectivity index (χ3n) is 10.8. The number of benzene rings is 4. The predicted molar refractivity (Wildman–Crippen MR) is 221 cm³/mol. The standard InChI is InChI=1S/C49H56O6/c1-34-27-38(19-23-44(34)52-31-50-42-15-11-9-12-16-42)48(5,6)40-21-25-46(36(3)29-40)54-33-55-47-26-22-41(30-37(47)4)49(7,8)39-20-24-45(35(2)28-39)53-32-51-43-17-13-10-14-18-43/h11,13,15-30H,9-10,12,14,31-33H2,1-8H3. The van der Waals surface area contributed by atoms with Crippen molar-refractivity contribution in [2.45, 2.75) is 91.9 Å². The zero-order valence-electron chi connectivity index (χ0n) is 33.8. The summed E-state index contributed by atoms with van der Waals surface area (Å²) in [6, 6.07) is 25.6. The first-order valence-electron chi connectivity index (χ1n) is 19.4. The molecule has 0 aliphatic heterocycles. The Kier molecular flexibility index (Phi) is 12.4. The van der Waals surface area contributed by atoms with Crippen LogP contribution >= 0.6 is 0 Å². The van der Waals surface area contributed by atoms with Gasteiger partial charge in [-0.05, 0) is 146 Å². The molecule has 6 nitrogen and oxygen atoms in total. The molecule has 0 N–H and O–H groups in total. The van der Waals surface area contributed by atoms with E-state index < -0.39 is 0 Å². The van der Waals surface area contributed by atoms with E-state index in [1.54, 1.807) is 0 Å². The number of ether oxygens (including phenoxy) is 6. The minimum atomic E-state index is -0.224. The smallest absolute Gasteiger partial charge is 0.230 e. The summed E-state index contributed by atoms with van der Waals surface area (Å²) in [5, 5.41) is 0. The Morgan fingerprint density at radius 1 is 0.400 bits per heavy atom. The highest BCUT2D eigenvalue weighted by molar-refractivity contribution is 5.49. The molecule has 6 rings (SSSR count). The summed E-state index contributed by atoms with van der Waals surface area (Å²) in [5.74, 6) is 4.99. The van der Waals surface area contributed by atoms with Crippen LogP contribution in [0.15, 0.2) is 121 Å². The number of rotatable bonds is 16. The Balaban J connectivity index is 1.02. The normalized spacial score (nSPS) is 14.2. The topological polar surface area (TPSA) is 55.4 Å². The van der Waals surface area contributed by atoms with Gasteiger partial charge in [0, 0.05) is 10.8 Å². The molecule has 0 radical (unpaired) electrons. The van der Waals surface area contributed by atoms with E-state index >= 15 is 0 Å². The van der Waals surface area contributed by atoms with Crippen molar-refractivity contribution in [3.8, 4) is 23.0 Å². The Morgan fingerprint density at radius 2 is 0.691 bits per heavy atom. The second kappa shape index (κ2) is 17.4. The highest BCUT2D eigenvalue weighted by Gasteiger charge is 2.26. The van der Waals surface area contributed by atoms with Crippen LogP contribution in [0.4, 0.5) is 0 Å². The maximum atomic E-state index is 6.15. The lowest BCUT2D eigenvalue weighted by Gasteiger charge is -2.28. The molecular formula is C49H56O6. The number of allylic oxidation sites excluding steroid dienone is 6. The molecule has 288 valence electrons. The van der Waals surface area contributed by atoms with Gasteiger partial charge in [-0.2, -0.15) is 0 Å². The van der Waals surface area contributed by atoms with Gasteiger partial charge in [0.15, 0.2) is 0 Å². The molecule has 0 spiro atoms. The summed E-state index contributed by atoms with van der Waals surface area (Å²) in [5.41, 5.74) is 8.64. The SMILES string of the molecule is Cc1cc(C(C)(C)c2ccc(OCOc3ccc(C(C)(C)c4ccc(OCOC5=CCCC=C5)c(C)c4)cc3C)c(C)c2)ccc1OCOC1=CCCC=C1. The Labute approximate surface area is 328 Å². The van der Waals surface area contributed by atoms with Crippen molar-refractivity contribution < 1.29 is 28.4 Å². The van der Waals surface area contributed by atoms with E-state index in [0.717, 1.165) is 82.5 Å². The van der Waals surface area contributed by atoms with Gasteiger partial charge in [0.1, 0.15) is 34.5 Å². The molecule has 0 heterocycles. The molecule has 4 aromatic rings. The Hall–Kier alpha value is -5.36. The largest absolute Gasteiger partial charge is 0.458 e. The molecule has 0 amide bonds. The Morgan fingerprint density at radius 3 is 0.945 bits per heavy atom. The average molecular weight is 741 g/mol. The van der Waals surface area contributed by atoms with Gasteiger partial charge in [0.2, 0.25) is 20.4 Å². The molecule has 0 saturated carbocycles. The molecule has 0 fully saturated rings. The minimum Gasteiger partial charge on any atom is -0.458 e. The van der Waals surface area contributed by atoms with Gasteiger partial charge in [0.05, 0.1) is 0 Å². The van der Waals surface area contributed by atoms with Crippen molar-refractivity contribution in [2.75, 3.05) is 20.4 Å². The lowest BCUT2D eigenvalue weighted by molar-refractivity contribution is 0.0654. The average Bonchev–Trinajstić information content (AvgIpc) is 3.18. The van der Waals surface area contributed by atoms with Crippen LogP contribution in [-0.4, -0.2) is 20.4 Å². The van der Waals surface area contributed by atoms with Gasteiger partial charge < -0.3 is 28.4 Å². The van der Waals surface area contributed by atoms with Crippen LogP contribution < -0.4 is 18.9 Å². The summed E-state index contributed by atoms with van der Waals surface area (Å²) in [7, 11) is 0. The van der Waals surface area contributed by atoms with Crippen molar-refractivity contribution in [3.63, 3.8) is 0 Å². The summed E-state index contributed by atoms with van der Waals surface area (Å²) < 4.78 is 35.8. The lowest BCUT2D eigenvalue weighted by atomic mass is 9.77. The molecule has 4 aromatic carbocycles. The third-order valence-corrected chi connectivity index (χ3v) is 10.8. The molecule has 0 unspecified atom stereocenters. The van der Waals surface area contributed by atoms with E-state index in [0.29, 0.717) is 0 Å². The molecule has 2 aliphatic carbocycles. The molecule has 0 saturated heterocycles. The fourth-order valence-electron chi connectivity index (χ4n) is 7.00. The van der Waals surface area contributed by atoms with Crippen LogP contribution in [0.1, 0.15) is 97.9 Å². The summed E-state index contributed by atoms with van der Waals surface area (Å²) in [6.45, 7) is 17.8. The first-order valence-corrected chi connectivity index (χ1v) is 19.4. The highest BCUT2D eigenvalue weighted by Crippen LogP contribution is 2.38. The van der Waals surface area contributed by atoms with Gasteiger partial charge in [-0.25, -0.2) is 0 Å². The first kappa shape index (κ1) is 39.3. The van der Waals surface area contributed by atoms with Crippen molar-refractivity contribution >= 4 is 0 Å². The lowest BCUT2D eigenvalue weighted by Crippen LogP contribution is -2.20. The van der Waals surface area contributed by atoms with E-state index in [-0.39, 0.29) is 31.2 Å². The third kappa shape index (κ3) is 9.66. The summed E-state index contributed by atoms with van der Waals surface area (Å²) in [6.07, 6.45) is 16.6. The van der Waals surface area contributed by atoms with E-state index in [2.05, 4.69) is 128 Å². The zero-order chi connectivity index (χ0) is 39.0. The van der Waals surface area contributed by atoms with Crippen molar-refractivity contribution in [1.82, 2.24) is 0 Å². The number of hydrogen-bond acceptors (Lipinski definition) is 6. The van der Waals surface area contributed by atoms with Gasteiger partial charge >= 0.3 is 0 Å². The molecule has 0 aromatic heterocycles. The van der Waals surface area contributed by atoms with E-state index in [1.165, 1.54) is 22.3 Å². The van der Waals surface area contributed by atoms with Crippen LogP contribution in [0.5, 0.6) is 23.0 Å². The maximum absolute atomic E-state index is 6.15. The molecular weight excluding hydrogens is 685 g/mol. The second-order valence-electron chi connectivity index (χ2n) is 15.6. The van der Waals surface area contributed by atoms with E-state index in [4.69, 9.17) is 28.4 Å². The monoisotopic (exact) mass is 740 g/mol. The molecule has 55 heavy (non-hydrogen) atoms. The van der Waals surface area contributed by atoms with Gasteiger partial charge in [0.25, 0.3) is 0 Å². The van der Waals surface area contributed by atoms with Crippen LogP contribution in [0.3, 0.4) is 0 Å². The van der Waals surface area contributed by atoms with Crippen molar-refractivity contribution in [1.29, 1.82) is 0 Å². The Bertz CT molecular complexity index is 1950. The fourth-order valence-corrected chi connectivity index (χ4v) is 7.00. The van der Waals surface area contributed by atoms with Gasteiger partial charge in [-0.15, -0.1) is 0 Å². The first-order chi connectivity index (χ1) is 26.4. The molecule has 2 aliphatic rings. The molecule has 6 heteroatoms. The zero-order valence-corrected chi connectivity index (χ0v) is 33.8. The molecule has 0 atom stereocenters. The molecule has 0 bridgehead atoms. The van der Waals surface area contributed by atoms with Crippen LogP contribution in [0.25, 0.3) is 0 Å². The van der Waals surface area contributed by atoms with Gasteiger partial charge in [-0.3, -0.25) is 0 Å².